The average Bonchev–Trinajstić information content (AvgIpc) is 2.08. The number of hydroxylamine groups is 1. The average molecular weight is 169 g/mol. The van der Waals surface area contributed by atoms with E-state index < -0.39 is 0 Å². The van der Waals surface area contributed by atoms with Crippen LogP contribution in [-0.4, -0.2) is 7.11 Å². The molecular formula is C9H12FNO. The van der Waals surface area contributed by atoms with Gasteiger partial charge in [0.2, 0.25) is 0 Å². The van der Waals surface area contributed by atoms with Gasteiger partial charge in [-0.1, -0.05) is 12.1 Å². The molecule has 1 rings (SSSR count). The Balaban J connectivity index is 2.78. The van der Waals surface area contributed by atoms with Crippen LogP contribution in [0.5, 0.6) is 0 Å². The maximum Gasteiger partial charge on any atom is 0.126 e. The Kier molecular flexibility index (Phi) is 3.19. The van der Waals surface area contributed by atoms with E-state index in [-0.39, 0.29) is 5.82 Å². The number of hydrogen-bond donors (Lipinski definition) is 1. The Bertz CT molecular complexity index is 263. The largest absolute Gasteiger partial charge is 0.305 e. The predicted octanol–water partition coefficient (Wildman–Crippen LogP) is 1.79. The van der Waals surface area contributed by atoms with Gasteiger partial charge in [0.25, 0.3) is 0 Å². The summed E-state index contributed by atoms with van der Waals surface area (Å²) in [6, 6.07) is 5.01. The van der Waals surface area contributed by atoms with E-state index in [9.17, 15) is 4.39 Å². The third-order valence-electron chi connectivity index (χ3n) is 1.79. The highest BCUT2D eigenvalue weighted by Crippen LogP contribution is 2.11. The van der Waals surface area contributed by atoms with Gasteiger partial charge in [0, 0.05) is 6.54 Å². The van der Waals surface area contributed by atoms with Crippen LogP contribution in [0.2, 0.25) is 0 Å². The molecule has 12 heavy (non-hydrogen) atoms. The zero-order chi connectivity index (χ0) is 8.97. The Morgan fingerprint density at radius 1 is 1.50 bits per heavy atom. The fourth-order valence-electron chi connectivity index (χ4n) is 0.994. The Labute approximate surface area is 71.3 Å². The van der Waals surface area contributed by atoms with Gasteiger partial charge < -0.3 is 4.84 Å². The molecule has 1 aromatic rings. The van der Waals surface area contributed by atoms with Gasteiger partial charge in [-0.3, -0.25) is 0 Å². The van der Waals surface area contributed by atoms with Crippen LogP contribution in [0.3, 0.4) is 0 Å². The quantitative estimate of drug-likeness (QED) is 0.696. The van der Waals surface area contributed by atoms with Crippen molar-refractivity contribution in [1.82, 2.24) is 5.48 Å². The summed E-state index contributed by atoms with van der Waals surface area (Å²) in [6.45, 7) is 2.28. The second-order valence-electron chi connectivity index (χ2n) is 2.55. The van der Waals surface area contributed by atoms with Crippen molar-refractivity contribution in [2.75, 3.05) is 7.11 Å². The van der Waals surface area contributed by atoms with Crippen LogP contribution in [0.4, 0.5) is 4.39 Å². The van der Waals surface area contributed by atoms with Crippen molar-refractivity contribution in [2.45, 2.75) is 13.5 Å². The van der Waals surface area contributed by atoms with Gasteiger partial charge >= 0.3 is 0 Å². The highest BCUT2D eigenvalue weighted by atomic mass is 19.1. The molecule has 0 amide bonds. The minimum absolute atomic E-state index is 0.176. The minimum atomic E-state index is -0.176. The van der Waals surface area contributed by atoms with Crippen LogP contribution in [0.1, 0.15) is 11.1 Å². The van der Waals surface area contributed by atoms with E-state index in [4.69, 9.17) is 0 Å². The predicted molar refractivity (Wildman–Crippen MR) is 45.0 cm³/mol. The third kappa shape index (κ3) is 2.03. The van der Waals surface area contributed by atoms with E-state index in [2.05, 4.69) is 10.3 Å². The maximum absolute atomic E-state index is 12.9. The van der Waals surface area contributed by atoms with Crippen molar-refractivity contribution in [3.05, 3.63) is 35.1 Å². The van der Waals surface area contributed by atoms with Crippen LogP contribution in [0.25, 0.3) is 0 Å². The smallest absolute Gasteiger partial charge is 0.126 e. The molecule has 0 fully saturated rings. The highest BCUT2D eigenvalue weighted by Gasteiger charge is 2.01. The molecule has 0 aromatic heterocycles. The van der Waals surface area contributed by atoms with E-state index >= 15 is 0 Å². The molecule has 0 aliphatic rings. The summed E-state index contributed by atoms with van der Waals surface area (Å²) >= 11 is 0. The zero-order valence-electron chi connectivity index (χ0n) is 7.23. The van der Waals surface area contributed by atoms with Crippen molar-refractivity contribution in [1.29, 1.82) is 0 Å². The lowest BCUT2D eigenvalue weighted by Crippen LogP contribution is -2.12. The van der Waals surface area contributed by atoms with Crippen LogP contribution >= 0.6 is 0 Å². The fourth-order valence-corrected chi connectivity index (χ4v) is 0.994. The Hall–Kier alpha value is -0.930. The fraction of sp³-hybridized carbons (Fsp3) is 0.333. The zero-order valence-corrected chi connectivity index (χ0v) is 7.23. The summed E-state index contributed by atoms with van der Waals surface area (Å²) < 4.78 is 12.9. The lowest BCUT2D eigenvalue weighted by Gasteiger charge is -2.05. The summed E-state index contributed by atoms with van der Waals surface area (Å²) in [4.78, 5) is 4.67. The molecule has 0 heterocycles. The lowest BCUT2D eigenvalue weighted by molar-refractivity contribution is 0.0865. The van der Waals surface area contributed by atoms with Gasteiger partial charge in [0.1, 0.15) is 5.82 Å². The van der Waals surface area contributed by atoms with Gasteiger partial charge in [-0.2, -0.15) is 5.48 Å². The van der Waals surface area contributed by atoms with Crippen molar-refractivity contribution in [2.24, 2.45) is 0 Å². The first-order valence-electron chi connectivity index (χ1n) is 3.75. The van der Waals surface area contributed by atoms with Gasteiger partial charge in [-0.25, -0.2) is 4.39 Å². The van der Waals surface area contributed by atoms with E-state index in [0.29, 0.717) is 12.1 Å². The van der Waals surface area contributed by atoms with Crippen LogP contribution in [0, 0.1) is 12.7 Å². The van der Waals surface area contributed by atoms with Crippen molar-refractivity contribution in [3.8, 4) is 0 Å². The molecular weight excluding hydrogens is 157 g/mol. The molecule has 0 unspecified atom stereocenters. The summed E-state index contributed by atoms with van der Waals surface area (Å²) in [6.07, 6.45) is 0. The number of halogens is 1. The number of hydrogen-bond acceptors (Lipinski definition) is 2. The van der Waals surface area contributed by atoms with Crippen LogP contribution in [0.15, 0.2) is 18.2 Å². The molecule has 1 N–H and O–H groups in total. The maximum atomic E-state index is 12.9. The first-order chi connectivity index (χ1) is 5.75. The standard InChI is InChI=1S/C9H12FNO/c1-7-8(6-11-12-2)4-3-5-9(7)10/h3-5,11H,6H2,1-2H3. The monoisotopic (exact) mass is 169 g/mol. The normalized spacial score (nSPS) is 10.2. The SMILES string of the molecule is CONCc1cccc(F)c1C. The number of benzene rings is 1. The topological polar surface area (TPSA) is 21.3 Å². The van der Waals surface area contributed by atoms with E-state index in [1.807, 2.05) is 6.07 Å². The molecule has 0 radical (unpaired) electrons. The molecule has 2 nitrogen and oxygen atoms in total. The molecule has 0 aliphatic carbocycles. The molecule has 0 atom stereocenters. The number of nitrogens with one attached hydrogen (secondary N) is 1. The molecule has 0 saturated heterocycles. The van der Waals surface area contributed by atoms with Gasteiger partial charge in [0.15, 0.2) is 0 Å². The summed E-state index contributed by atoms with van der Waals surface area (Å²) in [5.41, 5.74) is 4.25. The lowest BCUT2D eigenvalue weighted by atomic mass is 10.1. The van der Waals surface area contributed by atoms with Crippen LogP contribution in [-0.2, 0) is 11.4 Å². The molecule has 0 bridgehead atoms. The van der Waals surface area contributed by atoms with Crippen LogP contribution < -0.4 is 5.48 Å². The first kappa shape index (κ1) is 9.16. The molecule has 66 valence electrons. The summed E-state index contributed by atoms with van der Waals surface area (Å²) in [5.74, 6) is -0.176. The van der Waals surface area contributed by atoms with Crippen molar-refractivity contribution < 1.29 is 9.23 Å². The minimum Gasteiger partial charge on any atom is -0.305 e. The molecule has 0 aliphatic heterocycles. The molecule has 1 aromatic carbocycles. The second kappa shape index (κ2) is 4.18. The Morgan fingerprint density at radius 2 is 2.25 bits per heavy atom. The first-order valence-corrected chi connectivity index (χ1v) is 3.75. The summed E-state index contributed by atoms with van der Waals surface area (Å²) in [5, 5.41) is 0. The van der Waals surface area contributed by atoms with Crippen molar-refractivity contribution >= 4 is 0 Å². The molecule has 3 heteroatoms. The van der Waals surface area contributed by atoms with Gasteiger partial charge in [0.05, 0.1) is 7.11 Å². The van der Waals surface area contributed by atoms with Crippen molar-refractivity contribution in [3.63, 3.8) is 0 Å². The third-order valence-corrected chi connectivity index (χ3v) is 1.79. The number of rotatable bonds is 3. The van der Waals surface area contributed by atoms with Gasteiger partial charge in [-0.05, 0) is 24.1 Å². The van der Waals surface area contributed by atoms with E-state index in [0.717, 1.165) is 5.56 Å². The molecule has 0 spiro atoms. The Morgan fingerprint density at radius 3 is 2.92 bits per heavy atom. The van der Waals surface area contributed by atoms with Gasteiger partial charge in [-0.15, -0.1) is 0 Å². The highest BCUT2D eigenvalue weighted by molar-refractivity contribution is 5.26. The summed E-state index contributed by atoms with van der Waals surface area (Å²) in [7, 11) is 1.54. The second-order valence-corrected chi connectivity index (χ2v) is 2.55. The van der Waals surface area contributed by atoms with E-state index in [1.54, 1.807) is 13.0 Å². The molecule has 0 saturated carbocycles. The van der Waals surface area contributed by atoms with E-state index in [1.165, 1.54) is 13.2 Å².